The van der Waals surface area contributed by atoms with E-state index in [9.17, 15) is 19.8 Å². The van der Waals surface area contributed by atoms with Crippen LogP contribution >= 0.6 is 15.9 Å². The minimum Gasteiger partial charge on any atom is -1.00 e. The van der Waals surface area contributed by atoms with Crippen LogP contribution in [0.5, 0.6) is 0 Å². The van der Waals surface area contributed by atoms with E-state index >= 15 is 0 Å². The SMILES string of the molecule is C1CNCCOC1.C[C@@]1(O)CC[C@H]2[C@H](CC[C@@H]3[C@@H]2CC[C@]2(C)[C@@H](C(=O)CBr)CC[C@@H]32)C1.C[C@@]1(O)CC[C@H]2[C@H](CC[C@@H]3[C@@H]2CC[C@]2(C)[C@@H](C(=O)CN4CCCOCC4)CC[C@@H]32)C1.O=CO[O-].[H-].[K+].[K+]. The maximum absolute atomic E-state index is 13.4. The van der Waals surface area contributed by atoms with E-state index in [1.807, 2.05) is 6.92 Å². The first-order chi connectivity index (χ1) is 31.1. The van der Waals surface area contributed by atoms with Gasteiger partial charge in [-0.15, -0.1) is 0 Å². The van der Waals surface area contributed by atoms with Crippen molar-refractivity contribution >= 4 is 34.0 Å². The zero-order valence-electron chi connectivity index (χ0n) is 43.8. The molecule has 374 valence electrons. The molecule has 0 bridgehead atoms. The summed E-state index contributed by atoms with van der Waals surface area (Å²) in [5.41, 5.74) is -0.356. The number of nitrogens with one attached hydrogen (secondary N) is 1. The summed E-state index contributed by atoms with van der Waals surface area (Å²) in [6.45, 7) is 17.0. The van der Waals surface area contributed by atoms with Crippen LogP contribution in [0.25, 0.3) is 0 Å². The van der Waals surface area contributed by atoms with E-state index in [1.54, 1.807) is 0 Å². The van der Waals surface area contributed by atoms with Crippen LogP contribution in [0.2, 0.25) is 0 Å². The van der Waals surface area contributed by atoms with Crippen LogP contribution in [0.15, 0.2) is 0 Å². The third kappa shape index (κ3) is 14.6. The Hall–Kier alpha value is 2.28. The molecule has 0 unspecified atom stereocenters. The number of carbonyl (C=O) groups excluding carboxylic acids is 3. The van der Waals surface area contributed by atoms with Crippen molar-refractivity contribution in [3.8, 4) is 0 Å². The van der Waals surface area contributed by atoms with Crippen LogP contribution < -0.4 is 113 Å². The molecule has 8 saturated carbocycles. The molecule has 0 spiro atoms. The predicted octanol–water partition coefficient (Wildman–Crippen LogP) is 1.82. The maximum atomic E-state index is 13.4. The van der Waals surface area contributed by atoms with Gasteiger partial charge in [-0.25, -0.2) is 0 Å². The molecule has 0 radical (unpaired) electrons. The molecule has 67 heavy (non-hydrogen) atoms. The summed E-state index contributed by atoms with van der Waals surface area (Å²) in [4.78, 5) is 39.5. The van der Waals surface area contributed by atoms with Crippen molar-refractivity contribution in [3.05, 3.63) is 0 Å². The van der Waals surface area contributed by atoms with E-state index in [4.69, 9.17) is 19.5 Å². The van der Waals surface area contributed by atoms with Gasteiger partial charge < -0.3 is 36.6 Å². The number of halogens is 1. The molecular formula is C53H89BrK2N2O9. The first-order valence-electron chi connectivity index (χ1n) is 26.5. The second-order valence-corrected chi connectivity index (χ2v) is 24.5. The number of ether oxygens (including phenoxy) is 2. The number of carbonyl (C=O) groups is 3. The largest absolute Gasteiger partial charge is 1.00 e. The van der Waals surface area contributed by atoms with Gasteiger partial charge in [0.25, 0.3) is 6.47 Å². The number of rotatable bonds is 6. The first-order valence-corrected chi connectivity index (χ1v) is 27.6. The molecule has 10 fully saturated rings. The molecule has 2 saturated heterocycles. The van der Waals surface area contributed by atoms with E-state index in [1.165, 1.54) is 83.5 Å². The summed E-state index contributed by atoms with van der Waals surface area (Å²) in [7, 11) is 0. The standard InChI is InChI=1S/C26H43NO3.C21H33BrO2.C5H11NO.CH2O3.2K.H/c1-25(29)10-8-19-18(16-25)4-5-21-20(19)9-11-26(2)22(21)6-7-23(26)24(28)17-27-12-3-14-30-15-13-27;1-20(24)9-7-14-13(11-20)3-4-16-15(14)8-10-21(2)17(16)5-6-18(21)19(23)12-22;1-2-6-3-5-7-4-1;2-1-4-3;;;/h18-23,29H,3-17H2,1-2H3;13-18,24H,3-12H2,1-2H3;6H,1-5H2;1,3H;;;/q;;;;2*+1;-1/p-1/t18-,19+,20-,21-,22+,23-,25-,26+;13-,14+,15-,16-,17+,18-,20-,21+;;;;;/m11...../s1. The maximum Gasteiger partial charge on any atom is 1.00 e. The minimum absolute atomic E-state index is 0. The van der Waals surface area contributed by atoms with Gasteiger partial charge in [0.15, 0.2) is 0 Å². The number of aliphatic hydroxyl groups is 2. The molecule has 2 heterocycles. The molecule has 3 N–H and O–H groups in total. The van der Waals surface area contributed by atoms with Crippen molar-refractivity contribution in [2.24, 2.45) is 81.8 Å². The summed E-state index contributed by atoms with van der Waals surface area (Å²) < 4.78 is 10.7. The number of nitrogens with zero attached hydrogens (tertiary/aromatic N) is 1. The first kappa shape index (κ1) is 60.2. The number of alkyl halides is 1. The molecular weight excluding hydrogens is 967 g/mol. The number of ketones is 2. The van der Waals surface area contributed by atoms with Gasteiger partial charge in [0.1, 0.15) is 11.6 Å². The van der Waals surface area contributed by atoms with Gasteiger partial charge in [-0.1, -0.05) is 29.8 Å². The fraction of sp³-hybridized carbons (Fsp3) is 0.943. The molecule has 10 aliphatic rings. The van der Waals surface area contributed by atoms with E-state index in [0.717, 1.165) is 157 Å². The third-order valence-corrected chi connectivity index (χ3v) is 20.7. The molecule has 14 heteroatoms. The molecule has 0 aromatic rings. The second-order valence-electron chi connectivity index (χ2n) is 23.9. The summed E-state index contributed by atoms with van der Waals surface area (Å²) in [5.74, 6) is 9.63. The Labute approximate surface area is 499 Å². The van der Waals surface area contributed by atoms with Gasteiger partial charge in [0.2, 0.25) is 0 Å². The summed E-state index contributed by atoms with van der Waals surface area (Å²) in [6, 6.07) is 0. The number of hydrogen-bond donors (Lipinski definition) is 3. The predicted molar refractivity (Wildman–Crippen MR) is 255 cm³/mol. The van der Waals surface area contributed by atoms with Crippen LogP contribution in [-0.4, -0.2) is 109 Å². The molecule has 8 aliphatic carbocycles. The van der Waals surface area contributed by atoms with Gasteiger partial charge in [-0.2, -0.15) is 0 Å². The van der Waals surface area contributed by atoms with Crippen molar-refractivity contribution < 1.29 is 148 Å². The van der Waals surface area contributed by atoms with Crippen molar-refractivity contribution in [1.82, 2.24) is 10.2 Å². The Kier molecular flexibility index (Phi) is 24.6. The summed E-state index contributed by atoms with van der Waals surface area (Å²) >= 11 is 3.42. The van der Waals surface area contributed by atoms with Gasteiger partial charge in [-0.3, -0.25) is 19.3 Å². The summed E-state index contributed by atoms with van der Waals surface area (Å²) in [6.07, 6.45) is 23.9. The molecule has 0 aromatic heterocycles. The summed E-state index contributed by atoms with van der Waals surface area (Å²) in [5, 5.41) is 33.3. The van der Waals surface area contributed by atoms with Gasteiger partial charge in [0.05, 0.1) is 36.3 Å². The number of fused-ring (bicyclic) bond motifs is 10. The molecule has 0 amide bonds. The van der Waals surface area contributed by atoms with Crippen molar-refractivity contribution in [2.45, 2.75) is 167 Å². The monoisotopic (exact) mass is 1050 g/mol. The van der Waals surface area contributed by atoms with E-state index in [-0.39, 0.29) is 127 Å². The zero-order valence-corrected chi connectivity index (χ0v) is 50.6. The Morgan fingerprint density at radius 3 is 1.67 bits per heavy atom. The van der Waals surface area contributed by atoms with Crippen LogP contribution in [0.1, 0.15) is 158 Å². The van der Waals surface area contributed by atoms with E-state index < -0.39 is 11.2 Å². The van der Waals surface area contributed by atoms with Gasteiger partial charge in [-0.05, 0) is 219 Å². The quantitative estimate of drug-likeness (QED) is 0.117. The average molecular weight is 1060 g/mol. The van der Waals surface area contributed by atoms with Crippen LogP contribution in [0.3, 0.4) is 0 Å². The molecule has 16 atom stereocenters. The van der Waals surface area contributed by atoms with Crippen molar-refractivity contribution in [1.29, 1.82) is 0 Å². The zero-order chi connectivity index (χ0) is 46.4. The third-order valence-electron chi connectivity index (χ3n) is 20.2. The van der Waals surface area contributed by atoms with Crippen molar-refractivity contribution in [3.63, 3.8) is 0 Å². The smallest absolute Gasteiger partial charge is 1.00 e. The number of Topliss-reactive ketones (excluding diaryl/α,β-unsaturated/α-hetero) is 2. The van der Waals surface area contributed by atoms with Gasteiger partial charge in [0, 0.05) is 44.7 Å². The molecule has 0 aromatic carbocycles. The fourth-order valence-electron chi connectivity index (χ4n) is 17.3. The van der Waals surface area contributed by atoms with Crippen molar-refractivity contribution in [2.75, 3.05) is 64.5 Å². The Bertz CT molecular complexity index is 1560. The van der Waals surface area contributed by atoms with Crippen LogP contribution in [0.4, 0.5) is 0 Å². The van der Waals surface area contributed by atoms with Gasteiger partial charge >= 0.3 is 103 Å². The Morgan fingerprint density at radius 1 is 0.657 bits per heavy atom. The van der Waals surface area contributed by atoms with E-state index in [2.05, 4.69) is 51.8 Å². The number of hydrogen-bond acceptors (Lipinski definition) is 11. The average Bonchev–Trinajstić information content (AvgIpc) is 3.50. The molecule has 10 rings (SSSR count). The Balaban J connectivity index is 0.000000237. The topological polar surface area (TPSA) is 158 Å². The molecule has 11 nitrogen and oxygen atoms in total. The molecule has 2 aliphatic heterocycles. The van der Waals surface area contributed by atoms with E-state index in [0.29, 0.717) is 29.4 Å². The van der Waals surface area contributed by atoms with Crippen LogP contribution in [0, 0.1) is 81.8 Å². The normalized spacial score (nSPS) is 44.3. The second kappa shape index (κ2) is 27.4. The minimum atomic E-state index is -0.430. The Morgan fingerprint density at radius 2 is 1.15 bits per heavy atom. The van der Waals surface area contributed by atoms with Crippen LogP contribution in [-0.2, 0) is 28.7 Å². The fourth-order valence-corrected chi connectivity index (χ4v) is 17.7.